The van der Waals surface area contributed by atoms with Crippen LogP contribution >= 0.6 is 0 Å². The van der Waals surface area contributed by atoms with Gasteiger partial charge in [0.25, 0.3) is 0 Å². The van der Waals surface area contributed by atoms with E-state index in [1.54, 1.807) is 4.90 Å². The lowest BCUT2D eigenvalue weighted by Crippen LogP contribution is -2.43. The van der Waals surface area contributed by atoms with Crippen LogP contribution in [0.25, 0.3) is 11.1 Å². The molecule has 2 aromatic carbocycles. The van der Waals surface area contributed by atoms with Gasteiger partial charge < -0.3 is 10.2 Å². The van der Waals surface area contributed by atoms with E-state index < -0.39 is 0 Å². The smallest absolute Gasteiger partial charge is 0.317 e. The SMILES string of the molecule is CC(C)C(C)NC(=O)N(C)Cc1ccccc1-c1ccccc1. The van der Waals surface area contributed by atoms with Gasteiger partial charge in [-0.25, -0.2) is 4.79 Å². The molecular formula is C20H26N2O. The highest BCUT2D eigenvalue weighted by atomic mass is 16.2. The minimum Gasteiger partial charge on any atom is -0.335 e. The number of nitrogens with zero attached hydrogens (tertiary/aromatic N) is 1. The van der Waals surface area contributed by atoms with Crippen LogP contribution in [-0.2, 0) is 6.54 Å². The maximum absolute atomic E-state index is 12.3. The van der Waals surface area contributed by atoms with Gasteiger partial charge in [0.1, 0.15) is 0 Å². The molecule has 122 valence electrons. The first-order valence-electron chi connectivity index (χ1n) is 8.14. The largest absolute Gasteiger partial charge is 0.335 e. The van der Waals surface area contributed by atoms with Crippen molar-refractivity contribution in [3.05, 3.63) is 60.2 Å². The van der Waals surface area contributed by atoms with Crippen LogP contribution in [0.2, 0.25) is 0 Å². The summed E-state index contributed by atoms with van der Waals surface area (Å²) in [6, 6.07) is 18.6. The molecule has 0 aromatic heterocycles. The molecule has 1 atom stereocenters. The van der Waals surface area contributed by atoms with Gasteiger partial charge in [0.2, 0.25) is 0 Å². The molecule has 0 spiro atoms. The highest BCUT2D eigenvalue weighted by molar-refractivity contribution is 5.75. The lowest BCUT2D eigenvalue weighted by Gasteiger charge is -2.24. The van der Waals surface area contributed by atoms with Gasteiger partial charge in [-0.1, -0.05) is 68.4 Å². The van der Waals surface area contributed by atoms with Crippen molar-refractivity contribution in [2.75, 3.05) is 7.05 Å². The van der Waals surface area contributed by atoms with E-state index in [2.05, 4.69) is 43.4 Å². The predicted molar refractivity (Wildman–Crippen MR) is 96.2 cm³/mol. The van der Waals surface area contributed by atoms with E-state index in [0.717, 1.165) is 5.56 Å². The molecule has 2 aromatic rings. The van der Waals surface area contributed by atoms with Gasteiger partial charge >= 0.3 is 6.03 Å². The van der Waals surface area contributed by atoms with Crippen LogP contribution in [-0.4, -0.2) is 24.0 Å². The molecular weight excluding hydrogens is 284 g/mol. The number of urea groups is 1. The molecule has 3 nitrogen and oxygen atoms in total. The third-order valence-electron chi connectivity index (χ3n) is 4.21. The van der Waals surface area contributed by atoms with Crippen molar-refractivity contribution in [2.45, 2.75) is 33.4 Å². The molecule has 0 aliphatic carbocycles. The Morgan fingerprint density at radius 3 is 2.26 bits per heavy atom. The summed E-state index contributed by atoms with van der Waals surface area (Å²) in [6.07, 6.45) is 0. The fourth-order valence-electron chi connectivity index (χ4n) is 2.36. The standard InChI is InChI=1S/C20H26N2O/c1-15(2)16(3)21-20(23)22(4)14-18-12-8-9-13-19(18)17-10-6-5-7-11-17/h5-13,15-16H,14H2,1-4H3,(H,21,23). The van der Waals surface area contributed by atoms with Gasteiger partial charge in [-0.15, -0.1) is 0 Å². The van der Waals surface area contributed by atoms with Crippen molar-refractivity contribution in [1.29, 1.82) is 0 Å². The number of hydrogen-bond donors (Lipinski definition) is 1. The Kier molecular flexibility index (Phi) is 5.80. The van der Waals surface area contributed by atoms with E-state index >= 15 is 0 Å². The highest BCUT2D eigenvalue weighted by Gasteiger charge is 2.15. The summed E-state index contributed by atoms with van der Waals surface area (Å²) in [5, 5.41) is 3.05. The molecule has 2 rings (SSSR count). The molecule has 0 bridgehead atoms. The van der Waals surface area contributed by atoms with Gasteiger partial charge in [-0.2, -0.15) is 0 Å². The lowest BCUT2D eigenvalue weighted by molar-refractivity contribution is 0.200. The summed E-state index contributed by atoms with van der Waals surface area (Å²) < 4.78 is 0. The van der Waals surface area contributed by atoms with E-state index in [1.807, 2.05) is 44.3 Å². The van der Waals surface area contributed by atoms with Crippen LogP contribution in [0.3, 0.4) is 0 Å². The third kappa shape index (κ3) is 4.59. The van der Waals surface area contributed by atoms with Crippen LogP contribution < -0.4 is 5.32 Å². The third-order valence-corrected chi connectivity index (χ3v) is 4.21. The Hall–Kier alpha value is -2.29. The Bertz CT molecular complexity index is 637. The van der Waals surface area contributed by atoms with Crippen LogP contribution in [0, 0.1) is 5.92 Å². The molecule has 0 saturated carbocycles. The Balaban J connectivity index is 2.13. The minimum atomic E-state index is -0.0333. The van der Waals surface area contributed by atoms with Crippen LogP contribution in [0.4, 0.5) is 4.79 Å². The quantitative estimate of drug-likeness (QED) is 0.864. The molecule has 0 heterocycles. The molecule has 1 unspecified atom stereocenters. The van der Waals surface area contributed by atoms with E-state index in [9.17, 15) is 4.79 Å². The summed E-state index contributed by atoms with van der Waals surface area (Å²) >= 11 is 0. The average molecular weight is 310 g/mol. The Morgan fingerprint density at radius 2 is 1.61 bits per heavy atom. The van der Waals surface area contributed by atoms with E-state index in [0.29, 0.717) is 12.5 Å². The maximum Gasteiger partial charge on any atom is 0.317 e. The topological polar surface area (TPSA) is 32.3 Å². The van der Waals surface area contributed by atoms with Crippen molar-refractivity contribution < 1.29 is 4.79 Å². The number of rotatable bonds is 5. The number of hydrogen-bond acceptors (Lipinski definition) is 1. The van der Waals surface area contributed by atoms with Gasteiger partial charge in [0.15, 0.2) is 0 Å². The summed E-state index contributed by atoms with van der Waals surface area (Å²) in [7, 11) is 1.84. The Morgan fingerprint density at radius 1 is 1.00 bits per heavy atom. The van der Waals surface area contributed by atoms with Gasteiger partial charge in [0, 0.05) is 19.6 Å². The molecule has 3 heteroatoms. The van der Waals surface area contributed by atoms with Crippen molar-refractivity contribution in [2.24, 2.45) is 5.92 Å². The van der Waals surface area contributed by atoms with E-state index in [-0.39, 0.29) is 12.1 Å². The molecule has 0 fully saturated rings. The zero-order valence-electron chi connectivity index (χ0n) is 14.4. The second kappa shape index (κ2) is 7.82. The number of amides is 2. The van der Waals surface area contributed by atoms with Crippen molar-refractivity contribution >= 4 is 6.03 Å². The summed E-state index contributed by atoms with van der Waals surface area (Å²) in [4.78, 5) is 14.1. The maximum atomic E-state index is 12.3. The highest BCUT2D eigenvalue weighted by Crippen LogP contribution is 2.24. The fraction of sp³-hybridized carbons (Fsp3) is 0.350. The summed E-state index contributed by atoms with van der Waals surface area (Å²) in [6.45, 7) is 6.83. The average Bonchev–Trinajstić information content (AvgIpc) is 2.56. The monoisotopic (exact) mass is 310 g/mol. The van der Waals surface area contributed by atoms with Gasteiger partial charge in [0.05, 0.1) is 0 Å². The second-order valence-corrected chi connectivity index (χ2v) is 6.36. The molecule has 0 saturated heterocycles. The van der Waals surface area contributed by atoms with Crippen molar-refractivity contribution in [3.8, 4) is 11.1 Å². The van der Waals surface area contributed by atoms with Crippen LogP contribution in [0.1, 0.15) is 26.3 Å². The molecule has 0 aliphatic rings. The van der Waals surface area contributed by atoms with Crippen LogP contribution in [0.15, 0.2) is 54.6 Å². The lowest BCUT2D eigenvalue weighted by atomic mass is 9.99. The number of nitrogens with one attached hydrogen (secondary N) is 1. The first kappa shape index (κ1) is 17.1. The number of benzene rings is 2. The molecule has 0 radical (unpaired) electrons. The van der Waals surface area contributed by atoms with Gasteiger partial charge in [-0.05, 0) is 29.5 Å². The zero-order valence-corrected chi connectivity index (χ0v) is 14.4. The van der Waals surface area contributed by atoms with E-state index in [4.69, 9.17) is 0 Å². The molecule has 0 aliphatic heterocycles. The van der Waals surface area contributed by atoms with E-state index in [1.165, 1.54) is 11.1 Å². The first-order valence-corrected chi connectivity index (χ1v) is 8.14. The van der Waals surface area contributed by atoms with Crippen molar-refractivity contribution in [3.63, 3.8) is 0 Å². The normalized spacial score (nSPS) is 12.0. The predicted octanol–water partition coefficient (Wildman–Crippen LogP) is 4.54. The van der Waals surface area contributed by atoms with Gasteiger partial charge in [-0.3, -0.25) is 0 Å². The first-order chi connectivity index (χ1) is 11.0. The minimum absolute atomic E-state index is 0.0333. The number of carbonyl (C=O) groups is 1. The second-order valence-electron chi connectivity index (χ2n) is 6.36. The molecule has 1 N–H and O–H groups in total. The Labute approximate surface area is 139 Å². The fourth-order valence-corrected chi connectivity index (χ4v) is 2.36. The summed E-state index contributed by atoms with van der Waals surface area (Å²) in [5.74, 6) is 0.420. The molecule has 2 amide bonds. The zero-order chi connectivity index (χ0) is 16.8. The summed E-state index contributed by atoms with van der Waals surface area (Å²) in [5.41, 5.74) is 3.49. The van der Waals surface area contributed by atoms with Crippen LogP contribution in [0.5, 0.6) is 0 Å². The van der Waals surface area contributed by atoms with Crippen molar-refractivity contribution in [1.82, 2.24) is 10.2 Å². The number of carbonyl (C=O) groups excluding carboxylic acids is 1. The molecule has 23 heavy (non-hydrogen) atoms.